The van der Waals surface area contributed by atoms with Gasteiger partial charge in [0, 0.05) is 24.8 Å². The number of nitriles is 1. The van der Waals surface area contributed by atoms with Crippen LogP contribution in [-0.2, 0) is 0 Å². The smallest absolute Gasteiger partial charge is 0.254 e. The average Bonchev–Trinajstić information content (AvgIpc) is 3.29. The lowest BCUT2D eigenvalue weighted by Crippen LogP contribution is -2.56. The zero-order valence-electron chi connectivity index (χ0n) is 14.7. The molecule has 2 aromatic heterocycles. The summed E-state index contributed by atoms with van der Waals surface area (Å²) in [5.74, 6) is 0.991. The molecule has 134 valence electrons. The van der Waals surface area contributed by atoms with Gasteiger partial charge < -0.3 is 14.8 Å². The summed E-state index contributed by atoms with van der Waals surface area (Å²) in [6.07, 6.45) is 5.47. The molecule has 2 aliphatic heterocycles. The lowest BCUT2D eigenvalue weighted by atomic mass is 10.1. The second-order valence-corrected chi connectivity index (χ2v) is 7.13. The van der Waals surface area contributed by atoms with E-state index in [4.69, 9.17) is 5.26 Å². The number of nitrogens with zero attached hydrogens (tertiary/aromatic N) is 5. The van der Waals surface area contributed by atoms with Gasteiger partial charge in [-0.2, -0.15) is 5.26 Å². The number of benzene rings is 1. The van der Waals surface area contributed by atoms with E-state index in [-0.39, 0.29) is 18.0 Å². The molecule has 7 nitrogen and oxygen atoms in total. The molecule has 0 aliphatic carbocycles. The highest BCUT2D eigenvalue weighted by Gasteiger charge is 2.43. The molecule has 2 atom stereocenters. The molecule has 3 aromatic rings. The molecule has 2 saturated heterocycles. The first-order valence-corrected chi connectivity index (χ1v) is 9.10. The number of anilines is 1. The highest BCUT2D eigenvalue weighted by molar-refractivity contribution is 5.95. The molecule has 2 aliphatic rings. The Morgan fingerprint density at radius 1 is 1.11 bits per heavy atom. The van der Waals surface area contributed by atoms with Crippen molar-refractivity contribution in [1.82, 2.24) is 19.9 Å². The molecule has 0 spiro atoms. The fourth-order valence-corrected chi connectivity index (χ4v) is 4.35. The van der Waals surface area contributed by atoms with Gasteiger partial charge in [0.15, 0.2) is 0 Å². The molecule has 27 heavy (non-hydrogen) atoms. The highest BCUT2D eigenvalue weighted by atomic mass is 16.2. The highest BCUT2D eigenvalue weighted by Crippen LogP contribution is 2.35. The number of amides is 1. The molecule has 1 amide bonds. The maximum Gasteiger partial charge on any atom is 0.254 e. The van der Waals surface area contributed by atoms with Gasteiger partial charge in [0.1, 0.15) is 17.8 Å². The topological polar surface area (TPSA) is 88.9 Å². The summed E-state index contributed by atoms with van der Waals surface area (Å²) in [6.45, 7) is 1.55. The van der Waals surface area contributed by atoms with Crippen LogP contribution in [0.3, 0.4) is 0 Å². The second-order valence-electron chi connectivity index (χ2n) is 7.13. The van der Waals surface area contributed by atoms with Crippen LogP contribution in [0.4, 0.5) is 5.82 Å². The third-order valence-electron chi connectivity index (χ3n) is 5.61. The lowest BCUT2D eigenvalue weighted by molar-refractivity contribution is 0.0641. The summed E-state index contributed by atoms with van der Waals surface area (Å²) in [4.78, 5) is 29.3. The molecule has 2 bridgehead atoms. The maximum atomic E-state index is 13.1. The van der Waals surface area contributed by atoms with Gasteiger partial charge >= 0.3 is 0 Å². The van der Waals surface area contributed by atoms with Gasteiger partial charge in [0.25, 0.3) is 5.91 Å². The van der Waals surface area contributed by atoms with E-state index in [0.29, 0.717) is 11.1 Å². The van der Waals surface area contributed by atoms with Crippen LogP contribution in [0.5, 0.6) is 0 Å². The van der Waals surface area contributed by atoms with Gasteiger partial charge in [0.05, 0.1) is 29.1 Å². The van der Waals surface area contributed by atoms with Crippen LogP contribution in [0.15, 0.2) is 42.9 Å². The zero-order chi connectivity index (χ0) is 18.4. The number of aromatic amines is 1. The van der Waals surface area contributed by atoms with E-state index < -0.39 is 0 Å². The molecule has 0 unspecified atom stereocenters. The van der Waals surface area contributed by atoms with Crippen LogP contribution >= 0.6 is 0 Å². The molecule has 7 heteroatoms. The molecule has 0 radical (unpaired) electrons. The van der Waals surface area contributed by atoms with Crippen molar-refractivity contribution in [3.63, 3.8) is 0 Å². The summed E-state index contributed by atoms with van der Waals surface area (Å²) in [5, 5.41) is 9.96. The van der Waals surface area contributed by atoms with E-state index in [0.717, 1.165) is 42.8 Å². The summed E-state index contributed by atoms with van der Waals surface area (Å²) >= 11 is 0. The molecule has 4 heterocycles. The quantitative estimate of drug-likeness (QED) is 0.759. The number of nitrogens with one attached hydrogen (secondary N) is 1. The van der Waals surface area contributed by atoms with E-state index in [9.17, 15) is 4.79 Å². The second kappa shape index (κ2) is 6.09. The number of rotatable bonds is 2. The minimum absolute atomic E-state index is 0.0566. The first kappa shape index (κ1) is 15.8. The molecular weight excluding hydrogens is 340 g/mol. The number of hydrogen-bond acceptors (Lipinski definition) is 5. The maximum absolute atomic E-state index is 13.1. The Balaban J connectivity index is 1.41. The van der Waals surface area contributed by atoms with Crippen molar-refractivity contribution in [1.29, 1.82) is 5.26 Å². The number of carbonyl (C=O) groups excluding carboxylic acids is 1. The number of H-pyrrole nitrogens is 1. The van der Waals surface area contributed by atoms with Gasteiger partial charge in [-0.1, -0.05) is 0 Å². The third kappa shape index (κ3) is 2.53. The molecule has 0 saturated carbocycles. The van der Waals surface area contributed by atoms with Crippen LogP contribution < -0.4 is 4.90 Å². The third-order valence-corrected chi connectivity index (χ3v) is 5.61. The van der Waals surface area contributed by atoms with Crippen molar-refractivity contribution < 1.29 is 4.79 Å². The van der Waals surface area contributed by atoms with Crippen LogP contribution in [0, 0.1) is 11.3 Å². The van der Waals surface area contributed by atoms with Gasteiger partial charge in [-0.15, -0.1) is 0 Å². The van der Waals surface area contributed by atoms with Crippen molar-refractivity contribution >= 4 is 22.8 Å². The zero-order valence-corrected chi connectivity index (χ0v) is 14.7. The van der Waals surface area contributed by atoms with E-state index in [1.807, 2.05) is 17.2 Å². The Morgan fingerprint density at radius 3 is 2.56 bits per heavy atom. The summed E-state index contributed by atoms with van der Waals surface area (Å²) in [7, 11) is 0. The van der Waals surface area contributed by atoms with Gasteiger partial charge in [-0.25, -0.2) is 9.97 Å². The largest absolute Gasteiger partial charge is 0.352 e. The minimum atomic E-state index is 0.0566. The van der Waals surface area contributed by atoms with Gasteiger partial charge in [-0.05, 0) is 43.2 Å². The first-order chi connectivity index (χ1) is 13.2. The number of fused-ring (bicyclic) bond motifs is 3. The van der Waals surface area contributed by atoms with Crippen LogP contribution in [0.2, 0.25) is 0 Å². The molecule has 1 aromatic carbocycles. The number of aromatic nitrogens is 3. The van der Waals surface area contributed by atoms with E-state index in [1.165, 1.54) is 0 Å². The first-order valence-electron chi connectivity index (χ1n) is 9.10. The van der Waals surface area contributed by atoms with E-state index in [2.05, 4.69) is 25.9 Å². The predicted molar refractivity (Wildman–Crippen MR) is 100 cm³/mol. The molecule has 5 rings (SSSR count). The fraction of sp³-hybridized carbons (Fsp3) is 0.300. The Kier molecular flexibility index (Phi) is 3.57. The monoisotopic (exact) mass is 358 g/mol. The van der Waals surface area contributed by atoms with Crippen LogP contribution in [0.1, 0.15) is 28.8 Å². The summed E-state index contributed by atoms with van der Waals surface area (Å²) in [5.41, 5.74) is 2.05. The van der Waals surface area contributed by atoms with Crippen molar-refractivity contribution in [2.45, 2.75) is 24.9 Å². The molecule has 1 N–H and O–H groups in total. The normalized spacial score (nSPS) is 21.4. The fourth-order valence-electron chi connectivity index (χ4n) is 4.35. The van der Waals surface area contributed by atoms with E-state index in [1.54, 1.807) is 30.6 Å². The van der Waals surface area contributed by atoms with Crippen molar-refractivity contribution in [3.05, 3.63) is 54.0 Å². The van der Waals surface area contributed by atoms with Crippen molar-refractivity contribution in [2.75, 3.05) is 18.0 Å². The number of carbonyl (C=O) groups is 1. The SMILES string of the molecule is N#Cc1ccc(C(=O)N2[C@@H]3CC[C@H]2CN(c2ncnc4[nH]ccc24)C3)cc1. The Morgan fingerprint density at radius 2 is 1.85 bits per heavy atom. The lowest BCUT2D eigenvalue weighted by Gasteiger charge is -2.41. The predicted octanol–water partition coefficient (Wildman–Crippen LogP) is 2.32. The minimum Gasteiger partial charge on any atom is -0.352 e. The standard InChI is InChI=1S/C20H18N6O/c21-9-13-1-3-14(4-2-13)20(27)26-15-5-6-16(26)11-25(10-15)19-17-7-8-22-18(17)23-12-24-19/h1-4,7-8,12,15-16H,5-6,10-11H2,(H,22,23,24)/t15-,16+. The number of hydrogen-bond donors (Lipinski definition) is 1. The average molecular weight is 358 g/mol. The van der Waals surface area contributed by atoms with Gasteiger partial charge in [0.2, 0.25) is 0 Å². The molecular formula is C20H18N6O. The van der Waals surface area contributed by atoms with Crippen molar-refractivity contribution in [3.8, 4) is 6.07 Å². The summed E-state index contributed by atoms with van der Waals surface area (Å²) in [6, 6.07) is 11.4. The Bertz CT molecular complexity index is 1040. The number of piperazine rings is 1. The Labute approximate surface area is 156 Å². The van der Waals surface area contributed by atoms with E-state index >= 15 is 0 Å². The Hall–Kier alpha value is -3.40. The van der Waals surface area contributed by atoms with Crippen LogP contribution in [0.25, 0.3) is 11.0 Å². The van der Waals surface area contributed by atoms with Crippen molar-refractivity contribution in [2.24, 2.45) is 0 Å². The van der Waals surface area contributed by atoms with Crippen LogP contribution in [-0.4, -0.2) is 50.9 Å². The molecule has 2 fully saturated rings. The van der Waals surface area contributed by atoms with Gasteiger partial charge in [-0.3, -0.25) is 4.79 Å². The summed E-state index contributed by atoms with van der Waals surface area (Å²) < 4.78 is 0.